The van der Waals surface area contributed by atoms with Gasteiger partial charge in [0.1, 0.15) is 0 Å². The molecule has 1 fully saturated rings. The standard InChI is InChI=1S/C11H18N4/c1-9-6-13-11(14-7-9)15(2)10-4-3-5-12-8-10/h6-7,10,12H,3-5,8H2,1-2H3. The van der Waals surface area contributed by atoms with Crippen molar-refractivity contribution in [3.8, 4) is 0 Å². The zero-order valence-corrected chi connectivity index (χ0v) is 9.40. The predicted molar refractivity (Wildman–Crippen MR) is 61.1 cm³/mol. The molecule has 1 unspecified atom stereocenters. The molecule has 0 radical (unpaired) electrons. The third-order valence-corrected chi connectivity index (χ3v) is 2.90. The zero-order chi connectivity index (χ0) is 10.7. The molecule has 2 heterocycles. The van der Waals surface area contributed by atoms with Crippen molar-refractivity contribution in [2.45, 2.75) is 25.8 Å². The van der Waals surface area contributed by atoms with E-state index in [2.05, 4.69) is 27.2 Å². The van der Waals surface area contributed by atoms with E-state index in [1.54, 1.807) is 0 Å². The predicted octanol–water partition coefficient (Wildman–Crippen LogP) is 0.973. The lowest BCUT2D eigenvalue weighted by molar-refractivity contribution is 0.441. The summed E-state index contributed by atoms with van der Waals surface area (Å²) in [6, 6.07) is 0.529. The van der Waals surface area contributed by atoms with E-state index in [4.69, 9.17) is 0 Å². The molecule has 1 saturated heterocycles. The van der Waals surface area contributed by atoms with Crippen LogP contribution in [0.15, 0.2) is 12.4 Å². The molecule has 1 aromatic heterocycles. The number of hydrogen-bond donors (Lipinski definition) is 1. The maximum atomic E-state index is 4.34. The summed E-state index contributed by atoms with van der Waals surface area (Å²) < 4.78 is 0. The number of nitrogens with zero attached hydrogens (tertiary/aromatic N) is 3. The lowest BCUT2D eigenvalue weighted by Crippen LogP contribution is -2.44. The van der Waals surface area contributed by atoms with Crippen LogP contribution in [0.25, 0.3) is 0 Å². The molecule has 82 valence electrons. The maximum absolute atomic E-state index is 4.34. The molecule has 1 aliphatic heterocycles. The van der Waals surface area contributed by atoms with Crippen molar-refractivity contribution >= 4 is 5.95 Å². The van der Waals surface area contributed by atoms with E-state index >= 15 is 0 Å². The number of hydrogen-bond acceptors (Lipinski definition) is 4. The third-order valence-electron chi connectivity index (χ3n) is 2.90. The summed E-state index contributed by atoms with van der Waals surface area (Å²) in [5.41, 5.74) is 1.11. The molecule has 2 rings (SSSR count). The Morgan fingerprint density at radius 1 is 1.40 bits per heavy atom. The fourth-order valence-corrected chi connectivity index (χ4v) is 1.90. The average molecular weight is 206 g/mol. The molecule has 0 aliphatic carbocycles. The normalized spacial score (nSPS) is 21.3. The van der Waals surface area contributed by atoms with Gasteiger partial charge >= 0.3 is 0 Å². The SMILES string of the molecule is Cc1cnc(N(C)C2CCCNC2)nc1. The van der Waals surface area contributed by atoms with Gasteiger partial charge in [0.25, 0.3) is 0 Å². The number of piperidine rings is 1. The zero-order valence-electron chi connectivity index (χ0n) is 9.40. The molecule has 4 heteroatoms. The van der Waals surface area contributed by atoms with Crippen molar-refractivity contribution in [3.05, 3.63) is 18.0 Å². The molecule has 0 spiro atoms. The second kappa shape index (κ2) is 4.57. The van der Waals surface area contributed by atoms with Crippen LogP contribution in [-0.4, -0.2) is 36.1 Å². The second-order valence-electron chi connectivity index (χ2n) is 4.17. The lowest BCUT2D eigenvalue weighted by Gasteiger charge is -2.31. The van der Waals surface area contributed by atoms with Gasteiger partial charge in [0.05, 0.1) is 0 Å². The molecule has 1 atom stereocenters. The summed E-state index contributed by atoms with van der Waals surface area (Å²) in [5.74, 6) is 0.828. The van der Waals surface area contributed by atoms with E-state index in [1.807, 2.05) is 19.3 Å². The van der Waals surface area contributed by atoms with Crippen LogP contribution in [0.2, 0.25) is 0 Å². The Bertz CT molecular complexity index is 303. The van der Waals surface area contributed by atoms with Gasteiger partial charge in [-0.1, -0.05) is 0 Å². The quantitative estimate of drug-likeness (QED) is 0.783. The van der Waals surface area contributed by atoms with Gasteiger partial charge in [-0.3, -0.25) is 0 Å². The van der Waals surface area contributed by atoms with Gasteiger partial charge in [-0.05, 0) is 31.9 Å². The Hall–Kier alpha value is -1.16. The second-order valence-corrected chi connectivity index (χ2v) is 4.17. The molecule has 1 aromatic rings. The number of aryl methyl sites for hydroxylation is 1. The molecule has 0 aromatic carbocycles. The van der Waals surface area contributed by atoms with Gasteiger partial charge in [-0.2, -0.15) is 0 Å². The van der Waals surface area contributed by atoms with E-state index in [0.29, 0.717) is 6.04 Å². The van der Waals surface area contributed by atoms with E-state index in [1.165, 1.54) is 12.8 Å². The molecule has 0 amide bonds. The fraction of sp³-hybridized carbons (Fsp3) is 0.636. The maximum Gasteiger partial charge on any atom is 0.225 e. The minimum Gasteiger partial charge on any atom is -0.340 e. The minimum absolute atomic E-state index is 0.529. The van der Waals surface area contributed by atoms with E-state index in [9.17, 15) is 0 Å². The number of likely N-dealkylation sites (N-methyl/N-ethyl adjacent to an activating group) is 1. The highest BCUT2D eigenvalue weighted by molar-refractivity contribution is 5.30. The van der Waals surface area contributed by atoms with E-state index < -0.39 is 0 Å². The Balaban J connectivity index is 2.05. The molecular weight excluding hydrogens is 188 g/mol. The van der Waals surface area contributed by atoms with Gasteiger partial charge in [0, 0.05) is 32.0 Å². The summed E-state index contributed by atoms with van der Waals surface area (Å²) >= 11 is 0. The first-order valence-corrected chi connectivity index (χ1v) is 5.49. The summed E-state index contributed by atoms with van der Waals surface area (Å²) in [6.07, 6.45) is 6.20. The largest absolute Gasteiger partial charge is 0.340 e. The Morgan fingerprint density at radius 3 is 2.73 bits per heavy atom. The molecule has 15 heavy (non-hydrogen) atoms. The highest BCUT2D eigenvalue weighted by atomic mass is 15.3. The highest BCUT2D eigenvalue weighted by Gasteiger charge is 2.19. The third kappa shape index (κ3) is 2.45. The number of aromatic nitrogens is 2. The highest BCUT2D eigenvalue weighted by Crippen LogP contribution is 2.14. The summed E-state index contributed by atoms with van der Waals surface area (Å²) in [6.45, 7) is 4.18. The van der Waals surface area contributed by atoms with Crippen molar-refractivity contribution in [2.75, 3.05) is 25.0 Å². The summed E-state index contributed by atoms with van der Waals surface area (Å²) in [4.78, 5) is 10.9. The van der Waals surface area contributed by atoms with Crippen molar-refractivity contribution in [1.29, 1.82) is 0 Å². The molecule has 0 bridgehead atoms. The molecular formula is C11H18N4. The van der Waals surface area contributed by atoms with Gasteiger partial charge in [-0.25, -0.2) is 9.97 Å². The van der Waals surface area contributed by atoms with Crippen LogP contribution >= 0.6 is 0 Å². The van der Waals surface area contributed by atoms with E-state index in [0.717, 1.165) is 24.6 Å². The van der Waals surface area contributed by atoms with Gasteiger partial charge in [0.15, 0.2) is 0 Å². The van der Waals surface area contributed by atoms with Gasteiger partial charge < -0.3 is 10.2 Å². The van der Waals surface area contributed by atoms with Crippen molar-refractivity contribution < 1.29 is 0 Å². The van der Waals surface area contributed by atoms with Gasteiger partial charge in [-0.15, -0.1) is 0 Å². The van der Waals surface area contributed by atoms with Gasteiger partial charge in [0.2, 0.25) is 5.95 Å². The molecule has 4 nitrogen and oxygen atoms in total. The van der Waals surface area contributed by atoms with Crippen molar-refractivity contribution in [1.82, 2.24) is 15.3 Å². The Labute approximate surface area is 90.7 Å². The van der Waals surface area contributed by atoms with Crippen LogP contribution in [0.5, 0.6) is 0 Å². The van der Waals surface area contributed by atoms with Crippen LogP contribution in [0.1, 0.15) is 18.4 Å². The number of rotatable bonds is 2. The molecule has 1 aliphatic rings. The van der Waals surface area contributed by atoms with Crippen molar-refractivity contribution in [2.24, 2.45) is 0 Å². The summed E-state index contributed by atoms with van der Waals surface area (Å²) in [7, 11) is 2.07. The number of anilines is 1. The molecule has 0 saturated carbocycles. The first kappa shape index (κ1) is 10.4. The van der Waals surface area contributed by atoms with E-state index in [-0.39, 0.29) is 0 Å². The fourth-order valence-electron chi connectivity index (χ4n) is 1.90. The minimum atomic E-state index is 0.529. The average Bonchev–Trinajstić information content (AvgIpc) is 2.30. The lowest BCUT2D eigenvalue weighted by atomic mass is 10.1. The van der Waals surface area contributed by atoms with Crippen LogP contribution in [0.3, 0.4) is 0 Å². The number of nitrogens with one attached hydrogen (secondary N) is 1. The Kier molecular flexibility index (Phi) is 3.16. The topological polar surface area (TPSA) is 41.1 Å². The van der Waals surface area contributed by atoms with Crippen LogP contribution in [-0.2, 0) is 0 Å². The Morgan fingerprint density at radius 2 is 2.13 bits per heavy atom. The molecule has 1 N–H and O–H groups in total. The van der Waals surface area contributed by atoms with Crippen molar-refractivity contribution in [3.63, 3.8) is 0 Å². The van der Waals surface area contributed by atoms with Crippen LogP contribution < -0.4 is 10.2 Å². The van der Waals surface area contributed by atoms with Crippen LogP contribution in [0, 0.1) is 6.92 Å². The summed E-state index contributed by atoms with van der Waals surface area (Å²) in [5, 5.41) is 3.40. The van der Waals surface area contributed by atoms with Crippen LogP contribution in [0.4, 0.5) is 5.95 Å². The smallest absolute Gasteiger partial charge is 0.225 e. The monoisotopic (exact) mass is 206 g/mol. The first-order valence-electron chi connectivity index (χ1n) is 5.49. The first-order chi connectivity index (χ1) is 7.27.